The number of hydrogen-bond acceptors (Lipinski definition) is 5. The minimum atomic E-state index is 0.674. The van der Waals surface area contributed by atoms with E-state index in [1.807, 2.05) is 0 Å². The third-order valence-electron chi connectivity index (χ3n) is 4.69. The van der Waals surface area contributed by atoms with Crippen molar-refractivity contribution in [3.63, 3.8) is 0 Å². The Labute approximate surface area is 144 Å². The predicted octanol–water partition coefficient (Wildman–Crippen LogP) is 3.34. The van der Waals surface area contributed by atoms with E-state index >= 15 is 0 Å². The van der Waals surface area contributed by atoms with Crippen LogP contribution in [0.1, 0.15) is 31.7 Å². The highest BCUT2D eigenvalue weighted by Gasteiger charge is 2.22. The van der Waals surface area contributed by atoms with Gasteiger partial charge in [-0.15, -0.1) is 0 Å². The van der Waals surface area contributed by atoms with E-state index in [1.165, 1.54) is 18.4 Å². The van der Waals surface area contributed by atoms with Crippen LogP contribution < -0.4 is 16.0 Å². The molecule has 1 aromatic heterocycles. The number of piperidine rings is 1. The summed E-state index contributed by atoms with van der Waals surface area (Å²) in [6, 6.07) is 10.8. The minimum Gasteiger partial charge on any atom is -0.393 e. The molecule has 0 aliphatic carbocycles. The average molecular weight is 325 g/mol. The Hall–Kier alpha value is -2.30. The van der Waals surface area contributed by atoms with Gasteiger partial charge in [-0.2, -0.15) is 0 Å². The zero-order chi connectivity index (χ0) is 16.8. The van der Waals surface area contributed by atoms with E-state index in [0.717, 1.165) is 50.0 Å². The van der Waals surface area contributed by atoms with E-state index < -0.39 is 0 Å². The summed E-state index contributed by atoms with van der Waals surface area (Å²) in [5, 5.41) is 3.28. The molecule has 1 fully saturated rings. The quantitative estimate of drug-likeness (QED) is 0.852. The number of nitrogens with two attached hydrogens (primary N) is 1. The third kappa shape index (κ3) is 3.96. The lowest BCUT2D eigenvalue weighted by Gasteiger charge is -2.33. The van der Waals surface area contributed by atoms with E-state index in [2.05, 4.69) is 57.4 Å². The summed E-state index contributed by atoms with van der Waals surface area (Å²) in [7, 11) is 0. The molecule has 0 spiro atoms. The summed E-state index contributed by atoms with van der Waals surface area (Å²) in [6.45, 7) is 5.01. The van der Waals surface area contributed by atoms with Crippen LogP contribution in [-0.4, -0.2) is 29.6 Å². The van der Waals surface area contributed by atoms with Crippen LogP contribution in [0.15, 0.2) is 36.7 Å². The van der Waals surface area contributed by atoms with E-state index in [0.29, 0.717) is 5.69 Å². The summed E-state index contributed by atoms with van der Waals surface area (Å²) >= 11 is 0. The molecule has 0 saturated carbocycles. The topological polar surface area (TPSA) is 67.1 Å². The maximum atomic E-state index is 6.28. The van der Waals surface area contributed by atoms with Crippen LogP contribution in [-0.2, 0) is 6.42 Å². The Bertz CT molecular complexity index is 635. The van der Waals surface area contributed by atoms with Crippen molar-refractivity contribution in [3.8, 4) is 0 Å². The molecule has 5 nitrogen and oxygen atoms in total. The van der Waals surface area contributed by atoms with Gasteiger partial charge in [0.1, 0.15) is 12.0 Å². The first-order valence-corrected chi connectivity index (χ1v) is 8.91. The molecule has 1 aromatic carbocycles. The van der Waals surface area contributed by atoms with Gasteiger partial charge in [0.25, 0.3) is 0 Å². The van der Waals surface area contributed by atoms with Gasteiger partial charge in [0.2, 0.25) is 0 Å². The summed E-state index contributed by atoms with van der Waals surface area (Å²) in [5.74, 6) is 2.37. The highest BCUT2D eigenvalue weighted by Crippen LogP contribution is 2.30. The molecule has 3 N–H and O–H groups in total. The number of nitrogens with one attached hydrogen (secondary N) is 1. The molecule has 0 atom stereocenters. The van der Waals surface area contributed by atoms with Crippen LogP contribution in [0.4, 0.5) is 17.3 Å². The highest BCUT2D eigenvalue weighted by atomic mass is 15.2. The molecule has 128 valence electrons. The Morgan fingerprint density at radius 2 is 1.92 bits per heavy atom. The second-order valence-electron chi connectivity index (χ2n) is 6.51. The average Bonchev–Trinajstić information content (AvgIpc) is 2.63. The zero-order valence-corrected chi connectivity index (χ0v) is 14.4. The summed E-state index contributed by atoms with van der Waals surface area (Å²) in [4.78, 5) is 11.0. The lowest BCUT2D eigenvalue weighted by atomic mass is 9.90. The fourth-order valence-corrected chi connectivity index (χ4v) is 3.32. The van der Waals surface area contributed by atoms with Crippen molar-refractivity contribution in [2.45, 2.75) is 32.6 Å². The molecule has 0 bridgehead atoms. The fourth-order valence-electron chi connectivity index (χ4n) is 3.32. The molecule has 0 amide bonds. The van der Waals surface area contributed by atoms with Crippen LogP contribution in [0.25, 0.3) is 0 Å². The van der Waals surface area contributed by atoms with Gasteiger partial charge in [0.05, 0.1) is 0 Å². The molecule has 1 saturated heterocycles. The molecule has 0 radical (unpaired) electrons. The second kappa shape index (κ2) is 7.99. The lowest BCUT2D eigenvalue weighted by molar-refractivity contribution is 0.402. The van der Waals surface area contributed by atoms with Crippen molar-refractivity contribution >= 4 is 17.3 Å². The normalized spacial score (nSPS) is 15.5. The van der Waals surface area contributed by atoms with Crippen molar-refractivity contribution < 1.29 is 0 Å². The van der Waals surface area contributed by atoms with Gasteiger partial charge in [-0.25, -0.2) is 9.97 Å². The highest BCUT2D eigenvalue weighted by molar-refractivity contribution is 5.74. The van der Waals surface area contributed by atoms with Gasteiger partial charge in [-0.1, -0.05) is 37.3 Å². The number of aromatic nitrogens is 2. The van der Waals surface area contributed by atoms with Gasteiger partial charge in [-0.05, 0) is 37.2 Å². The standard InChI is InChI=1S/C19H27N5/c1-2-10-21-18-17(20)19(23-14-22-18)24-11-8-16(9-12-24)13-15-6-4-3-5-7-15/h3-7,14,16H,2,8-13,20H2,1H3,(H,21,22,23). The molecule has 3 rings (SSSR count). The molecule has 24 heavy (non-hydrogen) atoms. The number of nitrogens with zero attached hydrogens (tertiary/aromatic N) is 3. The number of benzene rings is 1. The number of rotatable bonds is 6. The molecule has 5 heteroatoms. The van der Waals surface area contributed by atoms with Gasteiger partial charge < -0.3 is 16.0 Å². The number of anilines is 3. The van der Waals surface area contributed by atoms with E-state index in [9.17, 15) is 0 Å². The smallest absolute Gasteiger partial charge is 0.157 e. The number of nitrogen functional groups attached to an aromatic ring is 1. The molecule has 1 aliphatic rings. The van der Waals surface area contributed by atoms with Crippen LogP contribution in [0, 0.1) is 5.92 Å². The van der Waals surface area contributed by atoms with Crippen molar-refractivity contribution in [1.82, 2.24) is 9.97 Å². The van der Waals surface area contributed by atoms with Crippen molar-refractivity contribution in [1.29, 1.82) is 0 Å². The Morgan fingerprint density at radius 1 is 1.17 bits per heavy atom. The summed E-state index contributed by atoms with van der Waals surface area (Å²) in [5.41, 5.74) is 8.39. The molecular weight excluding hydrogens is 298 g/mol. The van der Waals surface area contributed by atoms with Gasteiger partial charge in [0, 0.05) is 19.6 Å². The van der Waals surface area contributed by atoms with E-state index in [4.69, 9.17) is 5.73 Å². The largest absolute Gasteiger partial charge is 0.393 e. The number of hydrogen-bond donors (Lipinski definition) is 2. The summed E-state index contributed by atoms with van der Waals surface area (Å²) in [6.07, 6.45) is 6.17. The van der Waals surface area contributed by atoms with Crippen molar-refractivity contribution in [2.24, 2.45) is 5.92 Å². The first-order chi connectivity index (χ1) is 11.8. The lowest BCUT2D eigenvalue weighted by Crippen LogP contribution is -2.35. The van der Waals surface area contributed by atoms with E-state index in [-0.39, 0.29) is 0 Å². The fraction of sp³-hybridized carbons (Fsp3) is 0.474. The predicted molar refractivity (Wildman–Crippen MR) is 100 cm³/mol. The monoisotopic (exact) mass is 325 g/mol. The molecule has 2 heterocycles. The van der Waals surface area contributed by atoms with Crippen molar-refractivity contribution in [2.75, 3.05) is 35.6 Å². The molecule has 0 unspecified atom stereocenters. The zero-order valence-electron chi connectivity index (χ0n) is 14.4. The maximum absolute atomic E-state index is 6.28. The van der Waals surface area contributed by atoms with Crippen molar-refractivity contribution in [3.05, 3.63) is 42.2 Å². The van der Waals surface area contributed by atoms with Crippen LogP contribution in [0.2, 0.25) is 0 Å². The summed E-state index contributed by atoms with van der Waals surface area (Å²) < 4.78 is 0. The third-order valence-corrected chi connectivity index (χ3v) is 4.69. The van der Waals surface area contributed by atoms with Gasteiger partial charge >= 0.3 is 0 Å². The maximum Gasteiger partial charge on any atom is 0.157 e. The first-order valence-electron chi connectivity index (χ1n) is 8.91. The van der Waals surface area contributed by atoms with Gasteiger partial charge in [0.15, 0.2) is 11.6 Å². The SMILES string of the molecule is CCCNc1ncnc(N2CCC(Cc3ccccc3)CC2)c1N. The second-order valence-corrected chi connectivity index (χ2v) is 6.51. The minimum absolute atomic E-state index is 0.674. The Morgan fingerprint density at radius 3 is 2.62 bits per heavy atom. The van der Waals surface area contributed by atoms with Gasteiger partial charge in [-0.3, -0.25) is 0 Å². The van der Waals surface area contributed by atoms with Crippen LogP contribution in [0.3, 0.4) is 0 Å². The first kappa shape index (κ1) is 16.6. The molecular formula is C19H27N5. The molecule has 2 aromatic rings. The van der Waals surface area contributed by atoms with Crippen LogP contribution >= 0.6 is 0 Å². The van der Waals surface area contributed by atoms with Crippen LogP contribution in [0.5, 0.6) is 0 Å². The Balaban J connectivity index is 1.60. The van der Waals surface area contributed by atoms with E-state index in [1.54, 1.807) is 6.33 Å². The molecule has 1 aliphatic heterocycles. The Kier molecular flexibility index (Phi) is 5.51.